The Bertz CT molecular complexity index is 593. The Morgan fingerprint density at radius 3 is 1.67 bits per heavy atom. The van der Waals surface area contributed by atoms with Gasteiger partial charge in [0.1, 0.15) is 0 Å². The van der Waals surface area contributed by atoms with Crippen LogP contribution >= 0.6 is 0 Å². The molecule has 0 unspecified atom stereocenters. The Kier molecular flexibility index (Phi) is 2.14. The lowest BCUT2D eigenvalue weighted by atomic mass is 9.52. The fraction of sp³-hybridized carbons (Fsp3) is 0.556. The van der Waals surface area contributed by atoms with Crippen LogP contribution in [0.3, 0.4) is 0 Å². The molecule has 1 aromatic carbocycles. The highest BCUT2D eigenvalue weighted by Gasteiger charge is 2.58. The summed E-state index contributed by atoms with van der Waals surface area (Å²) in [5.74, 6) is 2.12. The van der Waals surface area contributed by atoms with Crippen LogP contribution in [0.5, 0.6) is 0 Å². The van der Waals surface area contributed by atoms with Gasteiger partial charge in [-0.3, -0.25) is 14.5 Å². The second-order valence-electron chi connectivity index (χ2n) is 7.63. The van der Waals surface area contributed by atoms with E-state index in [1.807, 2.05) is 12.1 Å². The molecule has 0 spiro atoms. The molecule has 6 rings (SSSR count). The second-order valence-corrected chi connectivity index (χ2v) is 7.63. The third kappa shape index (κ3) is 1.44. The van der Waals surface area contributed by atoms with Crippen LogP contribution in [-0.4, -0.2) is 22.3 Å². The largest absolute Gasteiger partial charge is 0.269 e. The normalized spacial score (nSPS) is 40.0. The van der Waals surface area contributed by atoms with E-state index in [9.17, 15) is 9.59 Å². The molecule has 3 heteroatoms. The van der Waals surface area contributed by atoms with Gasteiger partial charge in [-0.15, -0.1) is 0 Å². The SMILES string of the molecule is O=C1c2ccccc2C(=O)N1C12CC3CC(CC(C3)C1)C2. The zero-order valence-corrected chi connectivity index (χ0v) is 12.0. The summed E-state index contributed by atoms with van der Waals surface area (Å²) in [6, 6.07) is 7.31. The van der Waals surface area contributed by atoms with Crippen molar-refractivity contribution in [2.45, 2.75) is 44.1 Å². The van der Waals surface area contributed by atoms with Crippen molar-refractivity contribution in [1.29, 1.82) is 0 Å². The van der Waals surface area contributed by atoms with Crippen molar-refractivity contribution in [1.82, 2.24) is 4.90 Å². The van der Waals surface area contributed by atoms with Crippen molar-refractivity contribution in [3.8, 4) is 0 Å². The average Bonchev–Trinajstić information content (AvgIpc) is 2.70. The molecule has 4 bridgehead atoms. The minimum absolute atomic E-state index is 0.0439. The van der Waals surface area contributed by atoms with E-state index in [1.54, 1.807) is 17.0 Å². The maximum Gasteiger partial charge on any atom is 0.262 e. The molecule has 21 heavy (non-hydrogen) atoms. The Balaban J connectivity index is 1.60. The molecular formula is C18H19NO2. The lowest BCUT2D eigenvalue weighted by molar-refractivity contribution is -0.0620. The third-order valence-electron chi connectivity index (χ3n) is 6.27. The van der Waals surface area contributed by atoms with Gasteiger partial charge in [0.15, 0.2) is 0 Å². The highest BCUT2D eigenvalue weighted by atomic mass is 16.2. The number of amides is 2. The highest BCUT2D eigenvalue weighted by Crippen LogP contribution is 2.58. The van der Waals surface area contributed by atoms with E-state index in [1.165, 1.54) is 19.3 Å². The molecule has 0 radical (unpaired) electrons. The van der Waals surface area contributed by atoms with Crippen LogP contribution in [0.4, 0.5) is 0 Å². The number of hydrogen-bond acceptors (Lipinski definition) is 2. The van der Waals surface area contributed by atoms with Crippen LogP contribution in [-0.2, 0) is 0 Å². The summed E-state index contributed by atoms with van der Waals surface area (Å²) in [5, 5.41) is 0. The predicted molar refractivity (Wildman–Crippen MR) is 77.8 cm³/mol. The van der Waals surface area contributed by atoms with Crippen molar-refractivity contribution in [2.75, 3.05) is 0 Å². The lowest BCUT2D eigenvalue weighted by Gasteiger charge is -2.59. The summed E-state index contributed by atoms with van der Waals surface area (Å²) < 4.78 is 0. The van der Waals surface area contributed by atoms with Crippen molar-refractivity contribution in [3.63, 3.8) is 0 Å². The summed E-state index contributed by atoms with van der Waals surface area (Å²) in [5.41, 5.74) is 1.05. The number of carbonyl (C=O) groups is 2. The first-order valence-corrected chi connectivity index (χ1v) is 8.14. The third-order valence-corrected chi connectivity index (χ3v) is 6.27. The van der Waals surface area contributed by atoms with Gasteiger partial charge < -0.3 is 0 Å². The highest BCUT2D eigenvalue weighted by molar-refractivity contribution is 6.21. The van der Waals surface area contributed by atoms with E-state index in [2.05, 4.69) is 0 Å². The van der Waals surface area contributed by atoms with Gasteiger partial charge in [0.05, 0.1) is 16.7 Å². The monoisotopic (exact) mass is 281 g/mol. The van der Waals surface area contributed by atoms with Crippen molar-refractivity contribution < 1.29 is 9.59 Å². The van der Waals surface area contributed by atoms with Gasteiger partial charge in [-0.05, 0) is 68.4 Å². The van der Waals surface area contributed by atoms with E-state index in [0.29, 0.717) is 11.1 Å². The van der Waals surface area contributed by atoms with Crippen LogP contribution in [0, 0.1) is 17.8 Å². The molecule has 4 saturated carbocycles. The number of carbonyl (C=O) groups excluding carboxylic acids is 2. The molecule has 5 aliphatic rings. The first-order chi connectivity index (χ1) is 10.2. The van der Waals surface area contributed by atoms with Gasteiger partial charge in [-0.1, -0.05) is 12.1 Å². The van der Waals surface area contributed by atoms with E-state index < -0.39 is 0 Å². The fourth-order valence-electron chi connectivity index (χ4n) is 5.96. The smallest absolute Gasteiger partial charge is 0.262 e. The Morgan fingerprint density at radius 2 is 1.24 bits per heavy atom. The Labute approximate surface area is 124 Å². The molecular weight excluding hydrogens is 262 g/mol. The molecule has 1 aliphatic heterocycles. The van der Waals surface area contributed by atoms with Crippen molar-refractivity contribution in [3.05, 3.63) is 35.4 Å². The number of hydrogen-bond donors (Lipinski definition) is 0. The van der Waals surface area contributed by atoms with E-state index in [-0.39, 0.29) is 17.4 Å². The summed E-state index contributed by atoms with van der Waals surface area (Å²) in [4.78, 5) is 27.3. The van der Waals surface area contributed by atoms with Crippen LogP contribution in [0.2, 0.25) is 0 Å². The molecule has 1 heterocycles. The standard InChI is InChI=1S/C18H19NO2/c20-16-14-3-1-2-4-15(14)17(21)19(16)18-8-11-5-12(9-18)7-13(6-11)10-18/h1-4,11-13H,5-10H2. The quantitative estimate of drug-likeness (QED) is 0.741. The van der Waals surface area contributed by atoms with Gasteiger partial charge in [-0.2, -0.15) is 0 Å². The molecule has 0 atom stereocenters. The number of imide groups is 1. The van der Waals surface area contributed by atoms with E-state index in [4.69, 9.17) is 0 Å². The topological polar surface area (TPSA) is 37.4 Å². The first-order valence-electron chi connectivity index (χ1n) is 8.14. The van der Waals surface area contributed by atoms with E-state index >= 15 is 0 Å². The number of rotatable bonds is 1. The molecule has 4 aliphatic carbocycles. The van der Waals surface area contributed by atoms with Gasteiger partial charge in [0.25, 0.3) is 11.8 Å². The summed E-state index contributed by atoms with van der Waals surface area (Å²) in [6.45, 7) is 0. The minimum Gasteiger partial charge on any atom is -0.269 e. The average molecular weight is 281 g/mol. The predicted octanol–water partition coefficient (Wildman–Crippen LogP) is 3.25. The van der Waals surface area contributed by atoms with Crippen molar-refractivity contribution in [2.24, 2.45) is 17.8 Å². The molecule has 3 nitrogen and oxygen atoms in total. The molecule has 0 N–H and O–H groups in total. The zero-order valence-electron chi connectivity index (χ0n) is 12.0. The van der Waals surface area contributed by atoms with Crippen LogP contribution in [0.1, 0.15) is 59.2 Å². The minimum atomic E-state index is -0.165. The molecule has 0 saturated heterocycles. The maximum atomic E-state index is 12.8. The van der Waals surface area contributed by atoms with Crippen molar-refractivity contribution >= 4 is 11.8 Å². The van der Waals surface area contributed by atoms with Gasteiger partial charge in [0, 0.05) is 0 Å². The number of fused-ring (bicyclic) bond motifs is 1. The Morgan fingerprint density at radius 1 is 0.810 bits per heavy atom. The molecule has 108 valence electrons. The first kappa shape index (κ1) is 12.0. The van der Waals surface area contributed by atoms with Crippen LogP contribution < -0.4 is 0 Å². The molecule has 0 aromatic heterocycles. The zero-order chi connectivity index (χ0) is 14.2. The Hall–Kier alpha value is -1.64. The molecule has 2 amide bonds. The maximum absolute atomic E-state index is 12.8. The van der Waals surface area contributed by atoms with Gasteiger partial charge in [0.2, 0.25) is 0 Å². The summed E-state index contributed by atoms with van der Waals surface area (Å²) in [7, 11) is 0. The number of benzene rings is 1. The van der Waals surface area contributed by atoms with E-state index in [0.717, 1.165) is 37.0 Å². The van der Waals surface area contributed by atoms with Crippen LogP contribution in [0.25, 0.3) is 0 Å². The molecule has 1 aromatic rings. The summed E-state index contributed by atoms with van der Waals surface area (Å²) >= 11 is 0. The van der Waals surface area contributed by atoms with Gasteiger partial charge in [-0.25, -0.2) is 0 Å². The lowest BCUT2D eigenvalue weighted by Crippen LogP contribution is -2.61. The fourth-order valence-corrected chi connectivity index (χ4v) is 5.96. The van der Waals surface area contributed by atoms with Crippen LogP contribution in [0.15, 0.2) is 24.3 Å². The summed E-state index contributed by atoms with van der Waals surface area (Å²) in [6.07, 6.45) is 7.10. The van der Waals surface area contributed by atoms with Gasteiger partial charge >= 0.3 is 0 Å². The number of nitrogens with zero attached hydrogens (tertiary/aromatic N) is 1. The second kappa shape index (κ2) is 3.76. The molecule has 4 fully saturated rings.